The topological polar surface area (TPSA) is 54.5 Å². The van der Waals surface area contributed by atoms with E-state index in [0.717, 1.165) is 89.0 Å². The molecular weight excluding hydrogens is 693 g/mol. The van der Waals surface area contributed by atoms with Gasteiger partial charge in [-0.15, -0.1) is 0 Å². The molecule has 57 heavy (non-hydrogen) atoms. The van der Waals surface area contributed by atoms with Crippen LogP contribution in [0.3, 0.4) is 0 Å². The number of benzene rings is 8. The molecule has 0 aliphatic heterocycles. The van der Waals surface area contributed by atoms with Crippen LogP contribution in [0.4, 0.5) is 0 Å². The molecule has 0 aliphatic rings. The van der Waals surface area contributed by atoms with Gasteiger partial charge in [-0.3, -0.25) is 0 Å². The summed E-state index contributed by atoms with van der Waals surface area (Å²) in [4.78, 5) is 10.5. The third-order valence-electron chi connectivity index (χ3n) is 10.6. The molecule has 4 nitrogen and oxygen atoms in total. The minimum absolute atomic E-state index is 0.623. The molecule has 0 aliphatic carbocycles. The molecule has 0 fully saturated rings. The first-order valence-corrected chi connectivity index (χ1v) is 19.1. The first kappa shape index (κ1) is 33.7. The van der Waals surface area contributed by atoms with Gasteiger partial charge in [0.2, 0.25) is 0 Å². The van der Waals surface area contributed by atoms with Gasteiger partial charge in [-0.25, -0.2) is 9.97 Å². The molecule has 0 amide bonds. The van der Waals surface area contributed by atoms with E-state index in [1.54, 1.807) is 0 Å². The van der Waals surface area contributed by atoms with Crippen LogP contribution >= 0.6 is 0 Å². The summed E-state index contributed by atoms with van der Waals surface area (Å²) in [6.45, 7) is 0. The molecule has 0 spiro atoms. The smallest absolute Gasteiger partial charge is 0.160 e. The van der Waals surface area contributed by atoms with Crippen molar-refractivity contribution < 1.29 is 0 Å². The van der Waals surface area contributed by atoms with Crippen molar-refractivity contribution in [1.82, 2.24) is 14.5 Å². The Morgan fingerprint density at radius 3 is 1.30 bits per heavy atom. The number of hydrogen-bond donors (Lipinski definition) is 0. The fraction of sp³-hybridized carbons (Fsp3) is 0. The highest BCUT2D eigenvalue weighted by atomic mass is 15.0. The average molecular weight is 727 g/mol. The summed E-state index contributed by atoms with van der Waals surface area (Å²) < 4.78 is 2.38. The summed E-state index contributed by atoms with van der Waals surface area (Å²) >= 11 is 0. The highest BCUT2D eigenvalue weighted by Crippen LogP contribution is 2.44. The molecule has 8 aromatic carbocycles. The zero-order valence-electron chi connectivity index (χ0n) is 30.9. The van der Waals surface area contributed by atoms with Gasteiger partial charge >= 0.3 is 0 Å². The molecule has 0 N–H and O–H groups in total. The van der Waals surface area contributed by atoms with Crippen LogP contribution in [-0.2, 0) is 0 Å². The fourth-order valence-corrected chi connectivity index (χ4v) is 7.91. The molecule has 0 bridgehead atoms. The van der Waals surface area contributed by atoms with Crippen LogP contribution in [0.25, 0.3) is 94.8 Å². The van der Waals surface area contributed by atoms with Gasteiger partial charge in [0.15, 0.2) is 5.82 Å². The summed E-state index contributed by atoms with van der Waals surface area (Å²) in [5, 5.41) is 12.2. The average Bonchev–Trinajstić information content (AvgIpc) is 3.62. The van der Waals surface area contributed by atoms with Crippen molar-refractivity contribution in [2.45, 2.75) is 0 Å². The number of hydrogen-bond acceptors (Lipinski definition) is 3. The maximum Gasteiger partial charge on any atom is 0.160 e. The Morgan fingerprint density at radius 2 is 0.807 bits per heavy atom. The largest absolute Gasteiger partial charge is 0.308 e. The molecule has 0 saturated carbocycles. The van der Waals surface area contributed by atoms with E-state index in [4.69, 9.17) is 9.97 Å². The number of aromatic nitrogens is 3. The maximum absolute atomic E-state index is 10.1. The second-order valence-electron chi connectivity index (χ2n) is 14.1. The number of rotatable bonds is 7. The van der Waals surface area contributed by atoms with E-state index in [1.807, 2.05) is 54.6 Å². The molecule has 2 aromatic heterocycles. The molecule has 0 radical (unpaired) electrons. The Kier molecular flexibility index (Phi) is 8.52. The predicted molar refractivity (Wildman–Crippen MR) is 234 cm³/mol. The first-order valence-electron chi connectivity index (χ1n) is 19.1. The van der Waals surface area contributed by atoms with Gasteiger partial charge in [-0.2, -0.15) is 5.26 Å². The molecular formula is C53H34N4. The molecule has 2 heterocycles. The Bertz CT molecular complexity index is 2980. The van der Waals surface area contributed by atoms with Gasteiger partial charge in [-0.05, 0) is 70.8 Å². The zero-order valence-corrected chi connectivity index (χ0v) is 30.9. The second-order valence-corrected chi connectivity index (χ2v) is 14.1. The van der Waals surface area contributed by atoms with Crippen molar-refractivity contribution in [2.24, 2.45) is 0 Å². The normalized spacial score (nSPS) is 11.1. The summed E-state index contributed by atoms with van der Waals surface area (Å²) in [5.41, 5.74) is 14.9. The van der Waals surface area contributed by atoms with E-state index in [9.17, 15) is 5.26 Å². The molecule has 0 saturated heterocycles. The Balaban J connectivity index is 1.31. The van der Waals surface area contributed by atoms with Crippen molar-refractivity contribution in [3.63, 3.8) is 0 Å². The van der Waals surface area contributed by atoms with Gasteiger partial charge in [0, 0.05) is 38.6 Å². The highest BCUT2D eigenvalue weighted by Gasteiger charge is 2.23. The maximum atomic E-state index is 10.1. The number of nitrogens with zero attached hydrogens (tertiary/aromatic N) is 4. The van der Waals surface area contributed by atoms with E-state index >= 15 is 0 Å². The highest BCUT2D eigenvalue weighted by molar-refractivity contribution is 6.12. The Hall–Kier alpha value is -7.87. The van der Waals surface area contributed by atoms with Crippen LogP contribution < -0.4 is 0 Å². The van der Waals surface area contributed by atoms with E-state index in [2.05, 4.69) is 162 Å². The minimum atomic E-state index is 0.623. The van der Waals surface area contributed by atoms with Gasteiger partial charge in [-0.1, -0.05) is 158 Å². The Labute approximate surface area is 331 Å². The van der Waals surface area contributed by atoms with Gasteiger partial charge in [0.1, 0.15) is 0 Å². The second kappa shape index (κ2) is 14.4. The van der Waals surface area contributed by atoms with Crippen molar-refractivity contribution in [1.29, 1.82) is 5.26 Å². The van der Waals surface area contributed by atoms with Gasteiger partial charge in [0.25, 0.3) is 0 Å². The monoisotopic (exact) mass is 726 g/mol. The number of nitriles is 1. The van der Waals surface area contributed by atoms with Crippen LogP contribution in [0, 0.1) is 11.3 Å². The standard InChI is InChI=1S/C53H34N4/c54-35-36-26-28-50-46(30-36)47-31-42(37-16-6-1-7-17-37)27-29-51(47)57(50)52-44(38-18-8-2-9-19-38)32-43(33-45(52)39-20-10-3-11-21-39)53-55-48(40-22-12-4-13-23-40)34-49(56-53)41-24-14-5-15-25-41/h1-34H. The lowest BCUT2D eigenvalue weighted by Gasteiger charge is -2.21. The van der Waals surface area contributed by atoms with Crippen LogP contribution in [0.5, 0.6) is 0 Å². The van der Waals surface area contributed by atoms with Crippen LogP contribution in [0.15, 0.2) is 206 Å². The third kappa shape index (κ3) is 6.24. The predicted octanol–water partition coefficient (Wildman–Crippen LogP) is 13.4. The van der Waals surface area contributed by atoms with Crippen LogP contribution in [0.2, 0.25) is 0 Å². The molecule has 10 rings (SSSR count). The molecule has 10 aromatic rings. The summed E-state index contributed by atoms with van der Waals surface area (Å²) in [7, 11) is 0. The third-order valence-corrected chi connectivity index (χ3v) is 10.6. The molecule has 0 unspecified atom stereocenters. The number of fused-ring (bicyclic) bond motifs is 3. The van der Waals surface area contributed by atoms with Crippen molar-refractivity contribution in [2.75, 3.05) is 0 Å². The molecule has 4 heteroatoms. The van der Waals surface area contributed by atoms with Crippen LogP contribution in [-0.4, -0.2) is 14.5 Å². The van der Waals surface area contributed by atoms with E-state index in [0.29, 0.717) is 11.4 Å². The fourth-order valence-electron chi connectivity index (χ4n) is 7.91. The van der Waals surface area contributed by atoms with E-state index in [1.165, 1.54) is 0 Å². The zero-order chi connectivity index (χ0) is 38.1. The van der Waals surface area contributed by atoms with E-state index in [-0.39, 0.29) is 0 Å². The summed E-state index contributed by atoms with van der Waals surface area (Å²) in [6.07, 6.45) is 0. The molecule has 0 atom stereocenters. The molecule has 266 valence electrons. The quantitative estimate of drug-likeness (QED) is 0.164. The van der Waals surface area contributed by atoms with Crippen molar-refractivity contribution in [3.05, 3.63) is 212 Å². The summed E-state index contributed by atoms with van der Waals surface area (Å²) in [5.74, 6) is 0.643. The summed E-state index contributed by atoms with van der Waals surface area (Å²) in [6, 6.07) is 73.9. The van der Waals surface area contributed by atoms with Gasteiger partial charge in [0.05, 0.1) is 39.7 Å². The Morgan fingerprint density at radius 1 is 0.368 bits per heavy atom. The minimum Gasteiger partial charge on any atom is -0.308 e. The lowest BCUT2D eigenvalue weighted by atomic mass is 9.92. The first-order chi connectivity index (χ1) is 28.2. The van der Waals surface area contributed by atoms with Crippen LogP contribution in [0.1, 0.15) is 5.56 Å². The van der Waals surface area contributed by atoms with Crippen molar-refractivity contribution in [3.8, 4) is 79.0 Å². The van der Waals surface area contributed by atoms with Gasteiger partial charge < -0.3 is 4.57 Å². The SMILES string of the molecule is N#Cc1ccc2c(c1)c1cc(-c3ccccc3)ccc1n2-c1c(-c2ccccc2)cc(-c2nc(-c3ccccc3)cc(-c3ccccc3)n2)cc1-c1ccccc1. The lowest BCUT2D eigenvalue weighted by molar-refractivity contribution is 1.17. The van der Waals surface area contributed by atoms with Crippen molar-refractivity contribution >= 4 is 21.8 Å². The lowest BCUT2D eigenvalue weighted by Crippen LogP contribution is -2.03. The van der Waals surface area contributed by atoms with E-state index < -0.39 is 0 Å².